The van der Waals surface area contributed by atoms with Crippen molar-refractivity contribution in [3.63, 3.8) is 0 Å². The molecule has 10 heavy (non-hydrogen) atoms. The fourth-order valence-electron chi connectivity index (χ4n) is 1.76. The molecular formula is C9H15O. The fourth-order valence-corrected chi connectivity index (χ4v) is 1.76. The predicted molar refractivity (Wildman–Crippen MR) is 41.5 cm³/mol. The molecule has 1 radical (unpaired) electrons. The second-order valence-electron chi connectivity index (χ2n) is 3.19. The van der Waals surface area contributed by atoms with E-state index < -0.39 is 0 Å². The first-order valence-electron chi connectivity index (χ1n) is 4.28. The van der Waals surface area contributed by atoms with Crippen LogP contribution in [0.4, 0.5) is 0 Å². The van der Waals surface area contributed by atoms with Gasteiger partial charge in [0.15, 0.2) is 6.29 Å². The molecule has 0 aliphatic heterocycles. The summed E-state index contributed by atoms with van der Waals surface area (Å²) in [5, 5.41) is 0. The molecule has 1 aliphatic carbocycles. The summed E-state index contributed by atoms with van der Waals surface area (Å²) >= 11 is 0. The lowest BCUT2D eigenvalue weighted by Gasteiger charge is -2.04. The van der Waals surface area contributed by atoms with Crippen LogP contribution in [-0.2, 0) is 4.79 Å². The van der Waals surface area contributed by atoms with Crippen molar-refractivity contribution in [2.24, 2.45) is 5.92 Å². The van der Waals surface area contributed by atoms with Crippen molar-refractivity contribution < 1.29 is 4.79 Å². The van der Waals surface area contributed by atoms with Crippen LogP contribution < -0.4 is 0 Å². The van der Waals surface area contributed by atoms with Crippen LogP contribution in [0.3, 0.4) is 0 Å². The Labute approximate surface area is 62.8 Å². The van der Waals surface area contributed by atoms with E-state index in [4.69, 9.17) is 0 Å². The highest BCUT2D eigenvalue weighted by atomic mass is 16.1. The quantitative estimate of drug-likeness (QED) is 0.547. The third-order valence-corrected chi connectivity index (χ3v) is 2.37. The molecule has 0 unspecified atom stereocenters. The normalized spacial score (nSPS) is 19.6. The van der Waals surface area contributed by atoms with Crippen molar-refractivity contribution in [3.8, 4) is 0 Å². The number of unbranched alkanes of at least 4 members (excludes halogenated alkanes) is 1. The zero-order chi connectivity index (χ0) is 7.23. The van der Waals surface area contributed by atoms with Crippen LogP contribution in [0.1, 0.15) is 44.9 Å². The highest BCUT2D eigenvalue weighted by Crippen LogP contribution is 2.28. The smallest absolute Gasteiger partial charge is 0.198 e. The minimum Gasteiger partial charge on any atom is -0.291 e. The SMILES string of the molecule is O=[C]CCCC1CCCC1. The largest absolute Gasteiger partial charge is 0.291 e. The van der Waals surface area contributed by atoms with Crippen LogP contribution in [0.2, 0.25) is 0 Å². The molecule has 0 spiro atoms. The van der Waals surface area contributed by atoms with Gasteiger partial charge < -0.3 is 0 Å². The van der Waals surface area contributed by atoms with E-state index >= 15 is 0 Å². The first kappa shape index (κ1) is 7.77. The van der Waals surface area contributed by atoms with Gasteiger partial charge in [-0.05, 0) is 12.3 Å². The Morgan fingerprint density at radius 2 is 2.00 bits per heavy atom. The third kappa shape index (κ3) is 2.51. The molecule has 0 N–H and O–H groups in total. The Hall–Kier alpha value is -0.330. The molecule has 1 heteroatoms. The van der Waals surface area contributed by atoms with Gasteiger partial charge in [0.25, 0.3) is 0 Å². The molecule has 0 amide bonds. The summed E-state index contributed by atoms with van der Waals surface area (Å²) < 4.78 is 0. The van der Waals surface area contributed by atoms with Gasteiger partial charge in [0.1, 0.15) is 0 Å². The molecule has 0 bridgehead atoms. The van der Waals surface area contributed by atoms with Crippen molar-refractivity contribution >= 4 is 6.29 Å². The van der Waals surface area contributed by atoms with Crippen LogP contribution in [0.15, 0.2) is 0 Å². The number of hydrogen-bond acceptors (Lipinski definition) is 1. The molecule has 1 aliphatic rings. The van der Waals surface area contributed by atoms with Gasteiger partial charge in [0.2, 0.25) is 0 Å². The highest BCUT2D eigenvalue weighted by molar-refractivity contribution is 5.50. The molecule has 0 heterocycles. The summed E-state index contributed by atoms with van der Waals surface area (Å²) in [6.45, 7) is 0. The van der Waals surface area contributed by atoms with E-state index in [0.29, 0.717) is 6.42 Å². The van der Waals surface area contributed by atoms with Crippen LogP contribution in [0, 0.1) is 5.92 Å². The van der Waals surface area contributed by atoms with Crippen molar-refractivity contribution in [1.82, 2.24) is 0 Å². The van der Waals surface area contributed by atoms with E-state index in [2.05, 4.69) is 0 Å². The molecule has 0 saturated heterocycles. The lowest BCUT2D eigenvalue weighted by Crippen LogP contribution is -1.92. The zero-order valence-corrected chi connectivity index (χ0v) is 6.44. The third-order valence-electron chi connectivity index (χ3n) is 2.37. The minimum atomic E-state index is 0.649. The van der Waals surface area contributed by atoms with Crippen molar-refractivity contribution in [2.75, 3.05) is 0 Å². The number of rotatable bonds is 4. The molecular weight excluding hydrogens is 124 g/mol. The minimum absolute atomic E-state index is 0.649. The van der Waals surface area contributed by atoms with Gasteiger partial charge in [0, 0.05) is 6.42 Å². The summed E-state index contributed by atoms with van der Waals surface area (Å²) in [4.78, 5) is 9.85. The first-order valence-corrected chi connectivity index (χ1v) is 4.28. The van der Waals surface area contributed by atoms with E-state index in [9.17, 15) is 4.79 Å². The van der Waals surface area contributed by atoms with E-state index in [1.165, 1.54) is 32.1 Å². The van der Waals surface area contributed by atoms with E-state index in [0.717, 1.165) is 12.3 Å². The average Bonchev–Trinajstić information content (AvgIpc) is 2.41. The van der Waals surface area contributed by atoms with Crippen LogP contribution in [0.25, 0.3) is 0 Å². The van der Waals surface area contributed by atoms with E-state index in [1.54, 1.807) is 0 Å². The average molecular weight is 139 g/mol. The van der Waals surface area contributed by atoms with Gasteiger partial charge >= 0.3 is 0 Å². The molecule has 0 aromatic carbocycles. The lowest BCUT2D eigenvalue weighted by atomic mass is 10.0. The molecule has 1 rings (SSSR count). The summed E-state index contributed by atoms with van der Waals surface area (Å²) in [7, 11) is 0. The molecule has 0 aromatic rings. The van der Waals surface area contributed by atoms with Crippen LogP contribution >= 0.6 is 0 Å². The maximum absolute atomic E-state index is 9.85. The van der Waals surface area contributed by atoms with Crippen LogP contribution in [0.5, 0.6) is 0 Å². The van der Waals surface area contributed by atoms with Gasteiger partial charge in [-0.3, -0.25) is 4.79 Å². The van der Waals surface area contributed by atoms with E-state index in [1.807, 2.05) is 6.29 Å². The van der Waals surface area contributed by atoms with Crippen molar-refractivity contribution in [3.05, 3.63) is 0 Å². The fraction of sp³-hybridized carbons (Fsp3) is 0.889. The summed E-state index contributed by atoms with van der Waals surface area (Å²) in [5.41, 5.74) is 0. The number of carbonyl (C=O) groups excluding carboxylic acids is 1. The summed E-state index contributed by atoms with van der Waals surface area (Å²) in [6.07, 6.45) is 10.5. The maximum atomic E-state index is 9.85. The maximum Gasteiger partial charge on any atom is 0.198 e. The first-order chi connectivity index (χ1) is 4.93. The lowest BCUT2D eigenvalue weighted by molar-refractivity contribution is 0.481. The Kier molecular flexibility index (Phi) is 3.48. The molecule has 1 fully saturated rings. The Balaban J connectivity index is 1.96. The van der Waals surface area contributed by atoms with Gasteiger partial charge in [0.05, 0.1) is 0 Å². The van der Waals surface area contributed by atoms with Gasteiger partial charge in [-0.15, -0.1) is 0 Å². The number of hydrogen-bond donors (Lipinski definition) is 0. The van der Waals surface area contributed by atoms with Gasteiger partial charge in [-0.2, -0.15) is 0 Å². The predicted octanol–water partition coefficient (Wildman–Crippen LogP) is 2.46. The van der Waals surface area contributed by atoms with Gasteiger partial charge in [-0.1, -0.05) is 32.1 Å². The Bertz CT molecular complexity index is 92.9. The molecule has 0 atom stereocenters. The van der Waals surface area contributed by atoms with E-state index in [-0.39, 0.29) is 0 Å². The molecule has 1 nitrogen and oxygen atoms in total. The second kappa shape index (κ2) is 4.48. The Morgan fingerprint density at radius 3 is 2.60 bits per heavy atom. The van der Waals surface area contributed by atoms with Crippen molar-refractivity contribution in [2.45, 2.75) is 44.9 Å². The van der Waals surface area contributed by atoms with Gasteiger partial charge in [-0.25, -0.2) is 0 Å². The van der Waals surface area contributed by atoms with Crippen LogP contribution in [-0.4, -0.2) is 6.29 Å². The molecule has 57 valence electrons. The monoisotopic (exact) mass is 139 g/mol. The standard InChI is InChI=1S/C9H15O/c10-8-4-3-7-9-5-1-2-6-9/h9H,1-7H2. The molecule has 0 aromatic heterocycles. The topological polar surface area (TPSA) is 17.1 Å². The zero-order valence-electron chi connectivity index (χ0n) is 6.44. The molecule has 1 saturated carbocycles. The second-order valence-corrected chi connectivity index (χ2v) is 3.19. The summed E-state index contributed by atoms with van der Waals surface area (Å²) in [6, 6.07) is 0. The summed E-state index contributed by atoms with van der Waals surface area (Å²) in [5.74, 6) is 0.938. The Morgan fingerprint density at radius 1 is 1.30 bits per heavy atom. The highest BCUT2D eigenvalue weighted by Gasteiger charge is 2.13. The van der Waals surface area contributed by atoms with Crippen molar-refractivity contribution in [1.29, 1.82) is 0 Å².